The lowest BCUT2D eigenvalue weighted by atomic mass is 9.63. The van der Waals surface area contributed by atoms with Crippen molar-refractivity contribution >= 4 is 10.0 Å². The summed E-state index contributed by atoms with van der Waals surface area (Å²) in [5.74, 6) is -0.0175. The van der Waals surface area contributed by atoms with Gasteiger partial charge in [0.15, 0.2) is 0 Å². The van der Waals surface area contributed by atoms with Crippen LogP contribution in [0.3, 0.4) is 0 Å². The van der Waals surface area contributed by atoms with Gasteiger partial charge in [0.2, 0.25) is 10.0 Å². The van der Waals surface area contributed by atoms with Crippen molar-refractivity contribution in [2.45, 2.75) is 50.3 Å². The summed E-state index contributed by atoms with van der Waals surface area (Å²) < 4.78 is 50.0. The summed E-state index contributed by atoms with van der Waals surface area (Å²) in [6.45, 7) is 7.71. The van der Waals surface area contributed by atoms with Crippen LogP contribution in [0.1, 0.15) is 44.0 Å². The Morgan fingerprint density at radius 2 is 1.81 bits per heavy atom. The van der Waals surface area contributed by atoms with Gasteiger partial charge < -0.3 is 4.74 Å². The van der Waals surface area contributed by atoms with E-state index in [1.54, 1.807) is 35.7 Å². The Hall–Kier alpha value is -2.55. The molecular formula is C28H34FN3O3S. The van der Waals surface area contributed by atoms with Crippen molar-refractivity contribution < 1.29 is 17.5 Å². The topological polar surface area (TPSA) is 64.4 Å². The van der Waals surface area contributed by atoms with E-state index in [2.05, 4.69) is 25.9 Å². The molecule has 5 rings (SSSR count). The smallest absolute Gasteiger partial charge is 0.243 e. The van der Waals surface area contributed by atoms with Crippen molar-refractivity contribution in [2.75, 3.05) is 26.8 Å². The number of rotatable bonds is 5. The van der Waals surface area contributed by atoms with Crippen LogP contribution in [-0.4, -0.2) is 49.3 Å². The van der Waals surface area contributed by atoms with E-state index in [-0.39, 0.29) is 22.6 Å². The highest BCUT2D eigenvalue weighted by Gasteiger charge is 2.50. The Balaban J connectivity index is 1.44. The predicted molar refractivity (Wildman–Crippen MR) is 137 cm³/mol. The monoisotopic (exact) mass is 511 g/mol. The fraction of sp³-hybridized carbons (Fsp3) is 0.464. The molecule has 8 heteroatoms. The number of nitrogens with zero attached hydrogens (tertiary/aromatic N) is 3. The van der Waals surface area contributed by atoms with E-state index < -0.39 is 10.0 Å². The second kappa shape index (κ2) is 9.08. The zero-order chi connectivity index (χ0) is 25.7. The Bertz CT molecular complexity index is 1340. The molecule has 192 valence electrons. The molecule has 1 fully saturated rings. The molecule has 0 spiro atoms. The van der Waals surface area contributed by atoms with Gasteiger partial charge in [0, 0.05) is 31.3 Å². The fourth-order valence-electron chi connectivity index (χ4n) is 5.86. The Kier molecular flexibility index (Phi) is 6.34. The molecule has 0 amide bonds. The lowest BCUT2D eigenvalue weighted by Gasteiger charge is -2.50. The standard InChI is InChI=1S/C28H34FN3O3S/c1-27(2,3)21-5-11-25(12-6-21)36(33,34)31-14-13-22-15-26-20(16-28(22,18-31)19-35-4)17-30-32(26)24-9-7-23(29)8-10-24/h5-12,17,22H,13-16,18-19H2,1-4H3/t22-,28+/m0/s1. The van der Waals surface area contributed by atoms with E-state index >= 15 is 0 Å². The van der Waals surface area contributed by atoms with E-state index in [1.165, 1.54) is 12.1 Å². The number of hydrogen-bond donors (Lipinski definition) is 0. The maximum Gasteiger partial charge on any atom is 0.243 e. The van der Waals surface area contributed by atoms with E-state index in [1.807, 2.05) is 23.0 Å². The molecule has 0 N–H and O–H groups in total. The zero-order valence-corrected chi connectivity index (χ0v) is 22.2. The average Bonchev–Trinajstić information content (AvgIpc) is 3.24. The molecule has 1 saturated heterocycles. The SMILES string of the molecule is COC[C@]12Cc3cnn(-c4ccc(F)cc4)c3C[C@@H]1CCN(S(=O)(=O)c1ccc(C(C)(C)C)cc1)C2. The quantitative estimate of drug-likeness (QED) is 0.496. The van der Waals surface area contributed by atoms with Crippen molar-refractivity contribution in [3.63, 3.8) is 0 Å². The number of fused-ring (bicyclic) bond motifs is 2. The van der Waals surface area contributed by atoms with Crippen molar-refractivity contribution in [3.05, 3.63) is 77.4 Å². The second-order valence-electron chi connectivity index (χ2n) is 11.3. The van der Waals surface area contributed by atoms with Crippen LogP contribution in [0.15, 0.2) is 59.6 Å². The minimum atomic E-state index is -3.63. The molecule has 0 unspecified atom stereocenters. The molecule has 2 heterocycles. The summed E-state index contributed by atoms with van der Waals surface area (Å²) >= 11 is 0. The third-order valence-electron chi connectivity index (χ3n) is 7.88. The molecule has 36 heavy (non-hydrogen) atoms. The van der Waals surface area contributed by atoms with Crippen LogP contribution in [0.25, 0.3) is 5.69 Å². The lowest BCUT2D eigenvalue weighted by molar-refractivity contribution is -0.0172. The molecule has 2 atom stereocenters. The molecule has 1 aromatic heterocycles. The Labute approximate surface area is 213 Å². The largest absolute Gasteiger partial charge is 0.384 e. The van der Waals surface area contributed by atoms with Gasteiger partial charge in [-0.25, -0.2) is 17.5 Å². The summed E-state index contributed by atoms with van der Waals surface area (Å²) in [6.07, 6.45) is 4.09. The van der Waals surface area contributed by atoms with Gasteiger partial charge in [-0.1, -0.05) is 32.9 Å². The van der Waals surface area contributed by atoms with Gasteiger partial charge in [0.05, 0.1) is 23.4 Å². The molecule has 1 aliphatic carbocycles. The number of ether oxygens (including phenoxy) is 1. The van der Waals surface area contributed by atoms with Crippen LogP contribution in [0, 0.1) is 17.2 Å². The van der Waals surface area contributed by atoms with Crippen molar-refractivity contribution in [1.29, 1.82) is 0 Å². The summed E-state index contributed by atoms with van der Waals surface area (Å²) in [5, 5.41) is 4.61. The van der Waals surface area contributed by atoms with Gasteiger partial charge in [0.25, 0.3) is 0 Å². The number of piperidine rings is 1. The highest BCUT2D eigenvalue weighted by Crippen LogP contribution is 2.47. The summed E-state index contributed by atoms with van der Waals surface area (Å²) in [7, 11) is -1.95. The molecule has 3 aromatic rings. The van der Waals surface area contributed by atoms with Crippen LogP contribution >= 0.6 is 0 Å². The highest BCUT2D eigenvalue weighted by molar-refractivity contribution is 7.89. The van der Waals surface area contributed by atoms with Crippen LogP contribution in [-0.2, 0) is 33.0 Å². The molecule has 0 bridgehead atoms. The van der Waals surface area contributed by atoms with Crippen LogP contribution < -0.4 is 0 Å². The number of benzene rings is 2. The van der Waals surface area contributed by atoms with E-state index in [4.69, 9.17) is 4.74 Å². The molecule has 0 saturated carbocycles. The Morgan fingerprint density at radius 1 is 1.11 bits per heavy atom. The van der Waals surface area contributed by atoms with Crippen molar-refractivity contribution in [2.24, 2.45) is 11.3 Å². The van der Waals surface area contributed by atoms with Gasteiger partial charge in [0.1, 0.15) is 5.82 Å². The first-order chi connectivity index (χ1) is 17.0. The number of halogens is 1. The lowest BCUT2D eigenvalue weighted by Crippen LogP contribution is -2.56. The van der Waals surface area contributed by atoms with E-state index in [0.717, 1.165) is 35.3 Å². The van der Waals surface area contributed by atoms with Gasteiger partial charge in [-0.2, -0.15) is 9.40 Å². The van der Waals surface area contributed by atoms with Gasteiger partial charge in [-0.05, 0) is 78.1 Å². The first-order valence-corrected chi connectivity index (χ1v) is 13.9. The van der Waals surface area contributed by atoms with Crippen molar-refractivity contribution in [3.8, 4) is 5.69 Å². The third kappa shape index (κ3) is 4.40. The maximum atomic E-state index is 13.7. The predicted octanol–water partition coefficient (Wildman–Crippen LogP) is 4.75. The first kappa shape index (κ1) is 25.1. The van der Waals surface area contributed by atoms with E-state index in [9.17, 15) is 12.8 Å². The molecule has 2 aromatic carbocycles. The highest BCUT2D eigenvalue weighted by atomic mass is 32.2. The molecule has 0 radical (unpaired) electrons. The van der Waals surface area contributed by atoms with Crippen molar-refractivity contribution in [1.82, 2.24) is 14.1 Å². The molecule has 2 aliphatic rings. The number of methoxy groups -OCH3 is 1. The van der Waals surface area contributed by atoms with E-state index in [0.29, 0.717) is 31.0 Å². The first-order valence-electron chi connectivity index (χ1n) is 12.4. The van der Waals surface area contributed by atoms with Crippen LogP contribution in [0.4, 0.5) is 4.39 Å². The molecule has 1 aliphatic heterocycles. The molecular weight excluding hydrogens is 477 g/mol. The van der Waals surface area contributed by atoms with Gasteiger partial charge in [-0.3, -0.25) is 0 Å². The normalized spacial score (nSPS) is 22.8. The second-order valence-corrected chi connectivity index (χ2v) is 13.2. The maximum absolute atomic E-state index is 13.7. The third-order valence-corrected chi connectivity index (χ3v) is 9.74. The van der Waals surface area contributed by atoms with Crippen LogP contribution in [0.2, 0.25) is 0 Å². The number of sulfonamides is 1. The van der Waals surface area contributed by atoms with Crippen LogP contribution in [0.5, 0.6) is 0 Å². The fourth-order valence-corrected chi connectivity index (χ4v) is 7.41. The minimum Gasteiger partial charge on any atom is -0.384 e. The zero-order valence-electron chi connectivity index (χ0n) is 21.4. The summed E-state index contributed by atoms with van der Waals surface area (Å²) in [6, 6.07) is 13.7. The average molecular weight is 512 g/mol. The number of aromatic nitrogens is 2. The van der Waals surface area contributed by atoms with Gasteiger partial charge in [-0.15, -0.1) is 0 Å². The summed E-state index contributed by atoms with van der Waals surface area (Å²) in [5.41, 5.74) is 3.79. The number of hydrogen-bond acceptors (Lipinski definition) is 4. The Morgan fingerprint density at radius 3 is 2.44 bits per heavy atom. The molecule has 6 nitrogen and oxygen atoms in total. The van der Waals surface area contributed by atoms with Gasteiger partial charge >= 0.3 is 0 Å². The summed E-state index contributed by atoms with van der Waals surface area (Å²) in [4.78, 5) is 0.335. The minimum absolute atomic E-state index is 0.0404.